The zero-order valence-corrected chi connectivity index (χ0v) is 12.4. The fraction of sp³-hybridized carbons (Fsp3) is 0.769. The molecule has 5 nitrogen and oxygen atoms in total. The van der Waals surface area contributed by atoms with Gasteiger partial charge >= 0.3 is 0 Å². The highest BCUT2D eigenvalue weighted by atomic mass is 32.1. The molecule has 2 rings (SSSR count). The first-order valence-electron chi connectivity index (χ1n) is 6.93. The number of nitrogens with two attached hydrogens (primary N) is 1. The van der Waals surface area contributed by atoms with Gasteiger partial charge < -0.3 is 11.1 Å². The van der Waals surface area contributed by atoms with E-state index in [1.54, 1.807) is 0 Å². The number of hydrogen-bond acceptors (Lipinski definition) is 5. The summed E-state index contributed by atoms with van der Waals surface area (Å²) in [5.41, 5.74) is 5.71. The van der Waals surface area contributed by atoms with Crippen molar-refractivity contribution in [2.75, 3.05) is 11.9 Å². The Morgan fingerprint density at radius 2 is 2.26 bits per heavy atom. The molecule has 6 heteroatoms. The van der Waals surface area contributed by atoms with Crippen molar-refractivity contribution in [1.82, 2.24) is 10.2 Å². The second-order valence-electron chi connectivity index (χ2n) is 5.62. The number of nitrogens with zero attached hydrogens (tertiary/aromatic N) is 2. The van der Waals surface area contributed by atoms with Crippen molar-refractivity contribution < 1.29 is 4.79 Å². The van der Waals surface area contributed by atoms with Crippen LogP contribution >= 0.6 is 11.3 Å². The molecule has 106 valence electrons. The molecule has 1 amide bonds. The van der Waals surface area contributed by atoms with Gasteiger partial charge in [-0.05, 0) is 31.2 Å². The fourth-order valence-corrected chi connectivity index (χ4v) is 3.55. The quantitative estimate of drug-likeness (QED) is 0.866. The number of rotatable bonds is 5. The molecule has 0 aromatic carbocycles. The highest BCUT2D eigenvalue weighted by Crippen LogP contribution is 2.32. The first-order chi connectivity index (χ1) is 9.10. The van der Waals surface area contributed by atoms with Gasteiger partial charge in [0.2, 0.25) is 11.0 Å². The van der Waals surface area contributed by atoms with Crippen LogP contribution in [0.25, 0.3) is 0 Å². The summed E-state index contributed by atoms with van der Waals surface area (Å²) in [4.78, 5) is 12.2. The van der Waals surface area contributed by atoms with Gasteiger partial charge in [-0.15, -0.1) is 10.2 Å². The van der Waals surface area contributed by atoms with Crippen molar-refractivity contribution >= 4 is 22.4 Å². The molecule has 1 saturated carbocycles. The van der Waals surface area contributed by atoms with E-state index in [-0.39, 0.29) is 11.8 Å². The summed E-state index contributed by atoms with van der Waals surface area (Å²) < 4.78 is 0. The van der Waals surface area contributed by atoms with Gasteiger partial charge in [-0.25, -0.2) is 0 Å². The Kier molecular flexibility index (Phi) is 4.87. The molecule has 19 heavy (non-hydrogen) atoms. The molecule has 0 bridgehead atoms. The van der Waals surface area contributed by atoms with Crippen LogP contribution in [0.1, 0.15) is 38.1 Å². The normalized spacial score (nSPS) is 22.9. The molecule has 0 saturated heterocycles. The maximum Gasteiger partial charge on any atom is 0.229 e. The number of carbonyl (C=O) groups excluding carboxylic acids is 1. The summed E-state index contributed by atoms with van der Waals surface area (Å²) in [6.45, 7) is 4.88. The minimum atomic E-state index is 0.0439. The third-order valence-corrected chi connectivity index (χ3v) is 4.44. The van der Waals surface area contributed by atoms with E-state index in [2.05, 4.69) is 29.4 Å². The van der Waals surface area contributed by atoms with Crippen LogP contribution in [0.15, 0.2) is 0 Å². The molecule has 1 aliphatic carbocycles. The van der Waals surface area contributed by atoms with Crippen LogP contribution in [0, 0.1) is 17.8 Å². The molecular formula is C13H22N4OS. The van der Waals surface area contributed by atoms with E-state index in [9.17, 15) is 4.79 Å². The predicted molar refractivity (Wildman–Crippen MR) is 77.0 cm³/mol. The number of nitrogens with one attached hydrogen (secondary N) is 1. The molecular weight excluding hydrogens is 260 g/mol. The molecule has 0 radical (unpaired) electrons. The topological polar surface area (TPSA) is 80.9 Å². The number of hydrogen-bond donors (Lipinski definition) is 2. The first-order valence-corrected chi connectivity index (χ1v) is 7.75. The lowest BCUT2D eigenvalue weighted by Gasteiger charge is -2.15. The summed E-state index contributed by atoms with van der Waals surface area (Å²) in [6, 6.07) is 0. The Balaban J connectivity index is 1.93. The molecule has 1 aromatic heterocycles. The molecule has 0 spiro atoms. The lowest BCUT2D eigenvalue weighted by Crippen LogP contribution is -2.29. The minimum Gasteiger partial charge on any atom is -0.330 e. The second kappa shape index (κ2) is 6.43. The Labute approximate surface area is 118 Å². The van der Waals surface area contributed by atoms with Crippen LogP contribution < -0.4 is 11.1 Å². The molecule has 2 atom stereocenters. The van der Waals surface area contributed by atoms with Crippen LogP contribution in [0.4, 0.5) is 5.13 Å². The molecule has 3 N–H and O–H groups in total. The first kappa shape index (κ1) is 14.4. The second-order valence-corrected chi connectivity index (χ2v) is 6.68. The molecule has 0 aliphatic heterocycles. The van der Waals surface area contributed by atoms with Gasteiger partial charge in [0.05, 0.1) is 0 Å². The summed E-state index contributed by atoms with van der Waals surface area (Å²) in [6.07, 6.45) is 3.99. The van der Waals surface area contributed by atoms with Gasteiger partial charge in [0.25, 0.3) is 0 Å². The summed E-state index contributed by atoms with van der Waals surface area (Å²) >= 11 is 1.47. The highest BCUT2D eigenvalue weighted by molar-refractivity contribution is 7.15. The number of aromatic nitrogens is 2. The third kappa shape index (κ3) is 3.73. The predicted octanol–water partition coefficient (Wildman–Crippen LogP) is 2.05. The number of carbonyl (C=O) groups is 1. The van der Waals surface area contributed by atoms with Gasteiger partial charge in [0, 0.05) is 12.3 Å². The number of amides is 1. The van der Waals surface area contributed by atoms with Crippen molar-refractivity contribution in [3.05, 3.63) is 5.01 Å². The maximum absolute atomic E-state index is 12.2. The lowest BCUT2D eigenvalue weighted by molar-refractivity contribution is -0.120. The molecule has 1 fully saturated rings. The van der Waals surface area contributed by atoms with Crippen molar-refractivity contribution in [2.45, 2.75) is 39.5 Å². The van der Waals surface area contributed by atoms with E-state index in [0.29, 0.717) is 23.5 Å². The van der Waals surface area contributed by atoms with Crippen LogP contribution in [0.2, 0.25) is 0 Å². The highest BCUT2D eigenvalue weighted by Gasteiger charge is 2.32. The number of anilines is 1. The van der Waals surface area contributed by atoms with Gasteiger partial charge in [0.1, 0.15) is 5.01 Å². The van der Waals surface area contributed by atoms with Gasteiger partial charge in [0.15, 0.2) is 0 Å². The monoisotopic (exact) mass is 282 g/mol. The third-order valence-electron chi connectivity index (χ3n) is 3.58. The van der Waals surface area contributed by atoms with Crippen molar-refractivity contribution in [1.29, 1.82) is 0 Å². The Hall–Kier alpha value is -1.01. The van der Waals surface area contributed by atoms with Crippen LogP contribution in [0.3, 0.4) is 0 Å². The molecule has 0 unspecified atom stereocenters. The average Bonchev–Trinajstić information content (AvgIpc) is 2.96. The van der Waals surface area contributed by atoms with E-state index in [1.807, 2.05) is 0 Å². The van der Waals surface area contributed by atoms with E-state index >= 15 is 0 Å². The minimum absolute atomic E-state index is 0.0439. The summed E-state index contributed by atoms with van der Waals surface area (Å²) in [5, 5.41) is 12.6. The Morgan fingerprint density at radius 3 is 2.95 bits per heavy atom. The zero-order chi connectivity index (χ0) is 13.8. The van der Waals surface area contributed by atoms with E-state index in [0.717, 1.165) is 30.7 Å². The van der Waals surface area contributed by atoms with Gasteiger partial charge in [-0.1, -0.05) is 31.6 Å². The van der Waals surface area contributed by atoms with Crippen LogP contribution in [-0.2, 0) is 11.2 Å². The smallest absolute Gasteiger partial charge is 0.229 e. The van der Waals surface area contributed by atoms with Gasteiger partial charge in [-0.2, -0.15) is 0 Å². The maximum atomic E-state index is 12.2. The SMILES string of the molecule is CC(C)Cc1nnc(NC(=O)[C@@H]2CCC[C@@H]2CN)s1. The summed E-state index contributed by atoms with van der Waals surface area (Å²) in [5.74, 6) is 0.971. The van der Waals surface area contributed by atoms with Crippen LogP contribution in [-0.4, -0.2) is 22.6 Å². The standard InChI is InChI=1S/C13H22N4OS/c1-8(2)6-11-16-17-13(19-11)15-12(18)10-5-3-4-9(10)7-14/h8-10H,3-7,14H2,1-2H3,(H,15,17,18)/t9-,10-/m1/s1. The van der Waals surface area contributed by atoms with Crippen molar-refractivity contribution in [2.24, 2.45) is 23.5 Å². The van der Waals surface area contributed by atoms with Crippen molar-refractivity contribution in [3.8, 4) is 0 Å². The lowest BCUT2D eigenvalue weighted by atomic mass is 9.95. The molecule has 1 heterocycles. The van der Waals surface area contributed by atoms with E-state index < -0.39 is 0 Å². The van der Waals surface area contributed by atoms with E-state index in [1.165, 1.54) is 11.3 Å². The van der Waals surface area contributed by atoms with E-state index in [4.69, 9.17) is 5.73 Å². The molecule has 1 aromatic rings. The molecule has 1 aliphatic rings. The zero-order valence-electron chi connectivity index (χ0n) is 11.6. The van der Waals surface area contributed by atoms with Crippen molar-refractivity contribution in [3.63, 3.8) is 0 Å². The Morgan fingerprint density at radius 1 is 1.47 bits per heavy atom. The van der Waals surface area contributed by atoms with Gasteiger partial charge in [-0.3, -0.25) is 4.79 Å². The average molecular weight is 282 g/mol. The Bertz CT molecular complexity index is 432. The van der Waals surface area contributed by atoms with Crippen LogP contribution in [0.5, 0.6) is 0 Å². The fourth-order valence-electron chi connectivity index (χ4n) is 2.60. The largest absolute Gasteiger partial charge is 0.330 e. The summed E-state index contributed by atoms with van der Waals surface area (Å²) in [7, 11) is 0.